The molecule has 0 amide bonds. The molecular weight excluding hydrogens is 502 g/mol. The summed E-state index contributed by atoms with van der Waals surface area (Å²) in [6, 6.07) is 3.40. The fraction of sp³-hybridized carbons (Fsp3) is 0.600. The molecule has 2 saturated carbocycles. The number of nitrogens with zero attached hydrogens (tertiary/aromatic N) is 4. The van der Waals surface area contributed by atoms with Crippen LogP contribution in [-0.2, 0) is 0 Å². The summed E-state index contributed by atoms with van der Waals surface area (Å²) in [5, 5.41) is 42.0. The van der Waals surface area contributed by atoms with Crippen LogP contribution in [0.1, 0.15) is 56.2 Å². The van der Waals surface area contributed by atoms with E-state index in [2.05, 4.69) is 38.0 Å². The summed E-state index contributed by atoms with van der Waals surface area (Å²) in [5.74, 6) is -0.447. The molecule has 12 heteroatoms. The molecule has 4 rings (SSSR count). The second-order valence-corrected chi connectivity index (χ2v) is 10.7. The second kappa shape index (κ2) is 12.4. The smallest absolute Gasteiger partial charge is 0.189 e. The molecule has 0 bridgehead atoms. The molecule has 202 valence electrons. The molecule has 1 aromatic heterocycles. The number of aryl methyl sites for hydroxylation is 1. The molecule has 2 aliphatic carbocycles. The molecule has 9 nitrogen and oxygen atoms in total. The van der Waals surface area contributed by atoms with Gasteiger partial charge in [0.2, 0.25) is 0 Å². The Kier molecular flexibility index (Phi) is 9.27. The number of hydrogen-bond acceptors (Lipinski definition) is 9. The number of aliphatic hydroxyl groups excluding tert-OH is 3. The molecule has 1 heterocycles. The molecule has 1 aromatic carbocycles. The van der Waals surface area contributed by atoms with E-state index in [-0.39, 0.29) is 24.5 Å². The zero-order chi connectivity index (χ0) is 26.5. The Morgan fingerprint density at radius 1 is 1.14 bits per heavy atom. The number of rotatable bonds is 12. The molecule has 2 aliphatic rings. The van der Waals surface area contributed by atoms with Crippen LogP contribution in [0.25, 0.3) is 0 Å². The molecule has 2 fully saturated rings. The van der Waals surface area contributed by atoms with Crippen LogP contribution in [0.5, 0.6) is 0 Å². The molecule has 37 heavy (non-hydrogen) atoms. The number of benzene rings is 1. The average Bonchev–Trinajstić information content (AvgIpc) is 3.59. The zero-order valence-electron chi connectivity index (χ0n) is 20.9. The third-order valence-corrected chi connectivity index (χ3v) is 7.91. The maximum Gasteiger partial charge on any atom is 0.189 e. The number of hydrogen-bond donors (Lipinski definition) is 5. The highest BCUT2D eigenvalue weighted by Crippen LogP contribution is 2.44. The van der Waals surface area contributed by atoms with Crippen molar-refractivity contribution in [1.29, 1.82) is 0 Å². The first-order valence-corrected chi connectivity index (χ1v) is 13.7. The topological polar surface area (TPSA) is 135 Å². The monoisotopic (exact) mass is 536 g/mol. The largest absolute Gasteiger partial charge is 0.396 e. The Labute approximate surface area is 219 Å². The lowest BCUT2D eigenvalue weighted by atomic mass is 9.99. The van der Waals surface area contributed by atoms with Crippen molar-refractivity contribution in [2.45, 2.75) is 81.3 Å². The van der Waals surface area contributed by atoms with Crippen LogP contribution < -0.4 is 10.7 Å². The van der Waals surface area contributed by atoms with E-state index in [4.69, 9.17) is 5.11 Å². The Bertz CT molecular complexity index is 1110. The second-order valence-electron chi connectivity index (χ2n) is 9.67. The van der Waals surface area contributed by atoms with E-state index in [1.54, 1.807) is 17.8 Å². The SMILES string of the molecule is CCCSc1nc(C)c(NN=N[C@@H]2C[C@H](CCCO)[C@@H](O)[C@H]2O)c(N[C@@H]2C[C@H]2c2ccc(F)c(F)c2)n1. The summed E-state index contributed by atoms with van der Waals surface area (Å²) in [4.78, 5) is 9.23. The normalized spacial score (nSPS) is 27.1. The van der Waals surface area contributed by atoms with E-state index in [1.807, 2.05) is 6.92 Å². The highest BCUT2D eigenvalue weighted by molar-refractivity contribution is 7.99. The van der Waals surface area contributed by atoms with Gasteiger partial charge in [-0.2, -0.15) is 5.11 Å². The molecule has 6 atom stereocenters. The highest BCUT2D eigenvalue weighted by Gasteiger charge is 2.42. The molecule has 0 saturated heterocycles. The Morgan fingerprint density at radius 3 is 2.68 bits per heavy atom. The van der Waals surface area contributed by atoms with Gasteiger partial charge in [0.05, 0.1) is 11.8 Å². The van der Waals surface area contributed by atoms with Gasteiger partial charge in [0.25, 0.3) is 0 Å². The first-order valence-electron chi connectivity index (χ1n) is 12.7. The van der Waals surface area contributed by atoms with Crippen molar-refractivity contribution in [2.24, 2.45) is 16.3 Å². The predicted molar refractivity (Wildman–Crippen MR) is 138 cm³/mol. The quantitative estimate of drug-likeness (QED) is 0.118. The molecule has 2 aromatic rings. The Hall–Kier alpha value is -2.41. The van der Waals surface area contributed by atoms with Crippen molar-refractivity contribution in [1.82, 2.24) is 9.97 Å². The van der Waals surface area contributed by atoms with E-state index >= 15 is 0 Å². The fourth-order valence-corrected chi connectivity index (χ4v) is 5.44. The molecule has 0 spiro atoms. The summed E-state index contributed by atoms with van der Waals surface area (Å²) >= 11 is 1.54. The molecule has 0 radical (unpaired) electrons. The van der Waals surface area contributed by atoms with Crippen LogP contribution in [0.15, 0.2) is 33.7 Å². The fourth-order valence-electron chi connectivity index (χ4n) is 4.69. The summed E-state index contributed by atoms with van der Waals surface area (Å²) in [6.07, 6.45) is 1.41. The Balaban J connectivity index is 1.47. The molecule has 0 aliphatic heterocycles. The lowest BCUT2D eigenvalue weighted by Crippen LogP contribution is -2.29. The van der Waals surface area contributed by atoms with Gasteiger partial charge in [0, 0.05) is 24.3 Å². The number of aliphatic hydroxyl groups is 3. The van der Waals surface area contributed by atoms with Crippen molar-refractivity contribution in [3.8, 4) is 0 Å². The lowest BCUT2D eigenvalue weighted by Gasteiger charge is -2.15. The van der Waals surface area contributed by atoms with Gasteiger partial charge in [0.1, 0.15) is 17.8 Å². The Morgan fingerprint density at radius 2 is 1.95 bits per heavy atom. The van der Waals surface area contributed by atoms with Crippen molar-refractivity contribution in [3.05, 3.63) is 41.1 Å². The number of thioether (sulfide) groups is 1. The maximum absolute atomic E-state index is 13.7. The summed E-state index contributed by atoms with van der Waals surface area (Å²) in [7, 11) is 0. The van der Waals surface area contributed by atoms with Gasteiger partial charge in [-0.3, -0.25) is 5.43 Å². The van der Waals surface area contributed by atoms with Gasteiger partial charge in [-0.05, 0) is 62.6 Å². The van der Waals surface area contributed by atoms with Gasteiger partial charge in [-0.25, -0.2) is 18.7 Å². The zero-order valence-corrected chi connectivity index (χ0v) is 21.8. The molecule has 0 unspecified atom stereocenters. The summed E-state index contributed by atoms with van der Waals surface area (Å²) in [6.45, 7) is 3.95. The van der Waals surface area contributed by atoms with Crippen molar-refractivity contribution >= 4 is 23.3 Å². The number of nitrogens with one attached hydrogen (secondary N) is 2. The van der Waals surface area contributed by atoms with Gasteiger partial charge >= 0.3 is 0 Å². The van der Waals surface area contributed by atoms with E-state index in [0.717, 1.165) is 30.2 Å². The minimum atomic E-state index is -1.03. The number of halogens is 2. The van der Waals surface area contributed by atoms with E-state index in [0.29, 0.717) is 41.6 Å². The van der Waals surface area contributed by atoms with E-state index in [1.165, 1.54) is 6.07 Å². The minimum Gasteiger partial charge on any atom is -0.396 e. The van der Waals surface area contributed by atoms with Crippen LogP contribution in [0.3, 0.4) is 0 Å². The van der Waals surface area contributed by atoms with E-state index < -0.39 is 29.9 Å². The maximum atomic E-state index is 13.7. The van der Waals surface area contributed by atoms with Crippen molar-refractivity contribution in [2.75, 3.05) is 23.1 Å². The van der Waals surface area contributed by atoms with Crippen LogP contribution in [0, 0.1) is 24.5 Å². The van der Waals surface area contributed by atoms with Gasteiger partial charge in [-0.15, -0.1) is 0 Å². The third-order valence-electron chi connectivity index (χ3n) is 6.86. The van der Waals surface area contributed by atoms with Gasteiger partial charge in [0.15, 0.2) is 22.6 Å². The van der Waals surface area contributed by atoms with Gasteiger partial charge < -0.3 is 20.6 Å². The van der Waals surface area contributed by atoms with Crippen molar-refractivity contribution in [3.63, 3.8) is 0 Å². The van der Waals surface area contributed by atoms with Crippen LogP contribution >= 0.6 is 11.8 Å². The van der Waals surface area contributed by atoms with Crippen molar-refractivity contribution < 1.29 is 24.1 Å². The minimum absolute atomic E-state index is 0.0141. The first kappa shape index (κ1) is 27.6. The number of anilines is 2. The summed E-state index contributed by atoms with van der Waals surface area (Å²) in [5.41, 5.74) is 4.83. The van der Waals surface area contributed by atoms with Gasteiger partial charge in [-0.1, -0.05) is 30.0 Å². The molecule has 5 N–H and O–H groups in total. The highest BCUT2D eigenvalue weighted by atomic mass is 32.2. The standard InChI is InChI=1S/C25H34F2N6O3S/c1-3-9-37-25-28-13(2)21(32-33-31-20-11-15(5-4-8-34)22(35)23(20)36)24(30-25)29-19-12-16(19)14-6-7-17(26)18(27)10-14/h6-7,10,15-16,19-20,22-23,34-36H,3-5,8-9,11-12H2,1-2H3,(H,31,32)(H,28,29,30)/t15-,16-,19+,20+,22+,23-/m0/s1. The number of aromatic nitrogens is 2. The average molecular weight is 537 g/mol. The summed E-state index contributed by atoms with van der Waals surface area (Å²) < 4.78 is 27.1. The van der Waals surface area contributed by atoms with E-state index in [9.17, 15) is 19.0 Å². The van der Waals surface area contributed by atoms with Crippen LogP contribution in [0.2, 0.25) is 0 Å². The predicted octanol–water partition coefficient (Wildman–Crippen LogP) is 4.20. The van der Waals surface area contributed by atoms with Crippen LogP contribution in [0.4, 0.5) is 20.3 Å². The lowest BCUT2D eigenvalue weighted by molar-refractivity contribution is 0.0122. The first-order chi connectivity index (χ1) is 17.8. The third kappa shape index (κ3) is 6.73. The van der Waals surface area contributed by atoms with Crippen LogP contribution in [-0.4, -0.2) is 61.9 Å². The molecular formula is C25H34F2N6O3S.